The van der Waals surface area contributed by atoms with Gasteiger partial charge in [-0.1, -0.05) is 269 Å². The van der Waals surface area contributed by atoms with Gasteiger partial charge in [-0.25, -0.2) is 0 Å². The zero-order chi connectivity index (χ0) is 54.3. The van der Waals surface area contributed by atoms with Crippen molar-refractivity contribution in [3.05, 3.63) is 36.5 Å². The number of allylic oxidation sites excluding steroid dienone is 5. The highest BCUT2D eigenvalue weighted by atomic mass is 31.2. The summed E-state index contributed by atoms with van der Waals surface area (Å²) in [6.45, 7) is 6.86. The molecule has 74 heavy (non-hydrogen) atoms. The predicted octanol–water partition coefficient (Wildman–Crippen LogP) is 18.9. The van der Waals surface area contributed by atoms with Gasteiger partial charge >= 0.3 is 5.97 Å². The second kappa shape index (κ2) is 54.6. The number of phosphoric acid groups is 1. The van der Waals surface area contributed by atoms with Crippen molar-refractivity contribution in [1.82, 2.24) is 5.32 Å². The molecule has 0 aliphatic carbocycles. The lowest BCUT2D eigenvalue weighted by molar-refractivity contribution is -0.870. The molecule has 0 aromatic rings. The summed E-state index contributed by atoms with van der Waals surface area (Å²) in [5.74, 6) is -0.531. The highest BCUT2D eigenvalue weighted by Crippen LogP contribution is 2.38. The number of hydrogen-bond acceptors (Lipinski definition) is 7. The van der Waals surface area contributed by atoms with Crippen LogP contribution in [0.2, 0.25) is 0 Å². The first kappa shape index (κ1) is 72.2. The fourth-order valence-corrected chi connectivity index (χ4v) is 10.1. The number of amides is 1. The Morgan fingerprint density at radius 2 is 0.824 bits per heavy atom. The second-order valence-electron chi connectivity index (χ2n) is 22.9. The molecule has 0 aliphatic rings. The summed E-state index contributed by atoms with van der Waals surface area (Å²) in [6, 6.07) is -0.886. The summed E-state index contributed by atoms with van der Waals surface area (Å²) in [5.41, 5.74) is 0. The largest absolute Gasteiger partial charge is 0.756 e. The van der Waals surface area contributed by atoms with Crippen LogP contribution in [-0.2, 0) is 27.9 Å². The van der Waals surface area contributed by atoms with Crippen LogP contribution in [0.3, 0.4) is 0 Å². The summed E-state index contributed by atoms with van der Waals surface area (Å²) >= 11 is 0. The molecule has 0 fully saturated rings. The lowest BCUT2D eigenvalue weighted by atomic mass is 10.0. The molecule has 0 spiro atoms. The van der Waals surface area contributed by atoms with Gasteiger partial charge in [0.1, 0.15) is 19.3 Å². The lowest BCUT2D eigenvalue weighted by Gasteiger charge is -2.30. The number of ether oxygens (including phenoxy) is 1. The Bertz CT molecular complexity index is 1360. The van der Waals surface area contributed by atoms with Crippen molar-refractivity contribution in [1.29, 1.82) is 0 Å². The zero-order valence-electron chi connectivity index (χ0n) is 49.8. The smallest absolute Gasteiger partial charge is 0.306 e. The third-order valence-electron chi connectivity index (χ3n) is 14.3. The van der Waals surface area contributed by atoms with Gasteiger partial charge in [0.05, 0.1) is 33.8 Å². The third kappa shape index (κ3) is 55.0. The van der Waals surface area contributed by atoms with Gasteiger partial charge in [0.25, 0.3) is 7.82 Å². The monoisotopic (exact) mass is 1060 g/mol. The minimum atomic E-state index is -4.70. The molecule has 0 heterocycles. The molecule has 3 unspecified atom stereocenters. The van der Waals surface area contributed by atoms with E-state index in [1.54, 1.807) is 0 Å². The Morgan fingerprint density at radius 1 is 0.473 bits per heavy atom. The van der Waals surface area contributed by atoms with E-state index in [0.717, 1.165) is 64.2 Å². The number of likely N-dealkylation sites (N-methyl/N-ethyl adjacent to an activating group) is 1. The normalized spacial score (nSPS) is 13.9. The summed E-state index contributed by atoms with van der Waals surface area (Å²) in [6.07, 6.45) is 65.3. The number of quaternary nitrogens is 1. The van der Waals surface area contributed by atoms with Crippen LogP contribution < -0.4 is 10.2 Å². The molecular weight excluding hydrogens is 940 g/mol. The van der Waals surface area contributed by atoms with Gasteiger partial charge in [0.15, 0.2) is 0 Å². The van der Waals surface area contributed by atoms with Gasteiger partial charge in [0.2, 0.25) is 5.91 Å². The number of hydrogen-bond donors (Lipinski definition) is 1. The van der Waals surface area contributed by atoms with E-state index in [1.807, 2.05) is 33.3 Å². The minimum absolute atomic E-state index is 0.0204. The molecular formula is C64H123N2O7P. The van der Waals surface area contributed by atoms with Crippen LogP contribution in [0.1, 0.15) is 310 Å². The Balaban J connectivity index is 5.25. The Labute approximate surface area is 459 Å². The molecule has 0 aromatic heterocycles. The molecule has 9 nitrogen and oxygen atoms in total. The van der Waals surface area contributed by atoms with Crippen molar-refractivity contribution in [2.45, 2.75) is 322 Å². The Hall–Kier alpha value is -1.77. The molecule has 0 bridgehead atoms. The van der Waals surface area contributed by atoms with Crippen LogP contribution in [0.25, 0.3) is 0 Å². The number of esters is 1. The van der Waals surface area contributed by atoms with Gasteiger partial charge in [-0.15, -0.1) is 0 Å². The maximum atomic E-state index is 13.5. The van der Waals surface area contributed by atoms with E-state index in [1.165, 1.54) is 212 Å². The molecule has 10 heteroatoms. The van der Waals surface area contributed by atoms with Gasteiger partial charge in [-0.05, 0) is 63.9 Å². The minimum Gasteiger partial charge on any atom is -0.756 e. The second-order valence-corrected chi connectivity index (χ2v) is 24.3. The number of nitrogens with one attached hydrogen (secondary N) is 1. The highest BCUT2D eigenvalue weighted by Gasteiger charge is 2.27. The van der Waals surface area contributed by atoms with E-state index in [9.17, 15) is 19.0 Å². The number of unbranched alkanes of at least 4 members (excludes halogenated alkanes) is 38. The summed E-state index contributed by atoms with van der Waals surface area (Å²) in [7, 11) is 1.20. The van der Waals surface area contributed by atoms with E-state index < -0.39 is 20.0 Å². The van der Waals surface area contributed by atoms with Gasteiger partial charge in [-0.2, -0.15) is 0 Å². The number of rotatable bonds is 58. The fourth-order valence-electron chi connectivity index (χ4n) is 9.38. The van der Waals surface area contributed by atoms with E-state index >= 15 is 0 Å². The third-order valence-corrected chi connectivity index (χ3v) is 15.3. The molecule has 0 saturated heterocycles. The maximum Gasteiger partial charge on any atom is 0.306 e. The number of nitrogens with zero attached hydrogens (tertiary/aromatic N) is 1. The molecule has 0 aromatic carbocycles. The van der Waals surface area contributed by atoms with Crippen molar-refractivity contribution in [2.75, 3.05) is 40.9 Å². The summed E-state index contributed by atoms with van der Waals surface area (Å²) in [4.78, 5) is 40.0. The van der Waals surface area contributed by atoms with Gasteiger partial charge in [0, 0.05) is 12.8 Å². The van der Waals surface area contributed by atoms with E-state index in [2.05, 4.69) is 50.4 Å². The lowest BCUT2D eigenvalue weighted by Crippen LogP contribution is -2.47. The van der Waals surface area contributed by atoms with Crippen LogP contribution >= 0.6 is 7.82 Å². The van der Waals surface area contributed by atoms with Crippen molar-refractivity contribution in [3.8, 4) is 0 Å². The van der Waals surface area contributed by atoms with Crippen molar-refractivity contribution in [2.24, 2.45) is 0 Å². The number of phosphoric ester groups is 1. The van der Waals surface area contributed by atoms with Gasteiger partial charge < -0.3 is 28.5 Å². The van der Waals surface area contributed by atoms with Crippen LogP contribution in [0.15, 0.2) is 36.5 Å². The van der Waals surface area contributed by atoms with Crippen LogP contribution in [0.4, 0.5) is 0 Å². The summed E-state index contributed by atoms with van der Waals surface area (Å²) < 4.78 is 30.4. The molecule has 1 N–H and O–H groups in total. The first-order valence-corrected chi connectivity index (χ1v) is 33.3. The first-order chi connectivity index (χ1) is 35.9. The first-order valence-electron chi connectivity index (χ1n) is 31.8. The van der Waals surface area contributed by atoms with Crippen LogP contribution in [0.5, 0.6) is 0 Å². The Kier molecular flexibility index (Phi) is 53.3. The average Bonchev–Trinajstić information content (AvgIpc) is 3.36. The molecule has 0 radical (unpaired) electrons. The van der Waals surface area contributed by atoms with Crippen molar-refractivity contribution in [3.63, 3.8) is 0 Å². The standard InChI is InChI=1S/C64H123N2O7P/c1-7-10-13-16-19-22-25-28-30-32-33-34-36-39-42-45-48-51-54-57-64(68)73-62(55-52-49-46-43-40-37-27-24-21-18-15-12-9-3)61(60-72-74(69,70)71-59-58-66(4,5)6)65-63(67)56-53-50-47-44-41-38-35-31-29-26-23-20-17-14-11-8-2/h19,22,28,30,52,55,61-62H,7-18,20-21,23-27,29,31-51,53-54,56-60H2,1-6H3,(H-,65,67,69,70)/b22-19-,30-28-,55-52+. The average molecular weight is 1060 g/mol. The maximum absolute atomic E-state index is 13.5. The molecule has 0 aliphatic heterocycles. The molecule has 1 amide bonds. The number of carbonyl (C=O) groups excluding carboxylic acids is 2. The zero-order valence-corrected chi connectivity index (χ0v) is 50.7. The highest BCUT2D eigenvalue weighted by molar-refractivity contribution is 7.45. The van der Waals surface area contributed by atoms with E-state index in [0.29, 0.717) is 17.4 Å². The van der Waals surface area contributed by atoms with E-state index in [-0.39, 0.29) is 31.5 Å². The quantitative estimate of drug-likeness (QED) is 0.0212. The molecule has 0 saturated carbocycles. The van der Waals surface area contributed by atoms with Crippen LogP contribution in [-0.4, -0.2) is 69.4 Å². The van der Waals surface area contributed by atoms with Gasteiger partial charge in [-0.3, -0.25) is 14.2 Å². The molecule has 0 rings (SSSR count). The summed E-state index contributed by atoms with van der Waals surface area (Å²) in [5, 5.41) is 3.04. The topological polar surface area (TPSA) is 114 Å². The van der Waals surface area contributed by atoms with Crippen molar-refractivity contribution >= 4 is 19.7 Å². The van der Waals surface area contributed by atoms with Crippen LogP contribution in [0, 0.1) is 0 Å². The van der Waals surface area contributed by atoms with Crippen molar-refractivity contribution < 1.29 is 37.3 Å². The molecule has 3 atom stereocenters. The SMILES string of the molecule is CCCCC/C=C\C/C=C\CCCCCCCCCCCC(=O)OC(/C=C/CCCCCCCCCCCCC)C(COP(=O)([O-])OCC[N+](C)(C)C)NC(=O)CCCCCCCCCCCCCCCCCC. The fraction of sp³-hybridized carbons (Fsp3) is 0.875. The number of carbonyl (C=O) groups is 2. The molecule has 436 valence electrons. The predicted molar refractivity (Wildman–Crippen MR) is 316 cm³/mol. The Morgan fingerprint density at radius 3 is 1.24 bits per heavy atom. The van der Waals surface area contributed by atoms with E-state index in [4.69, 9.17) is 13.8 Å².